The lowest BCUT2D eigenvalue weighted by atomic mass is 9.97. The average Bonchev–Trinajstić information content (AvgIpc) is 2.68. The number of amides is 1. The van der Waals surface area contributed by atoms with Crippen molar-refractivity contribution in [2.24, 2.45) is 0 Å². The molecule has 1 aliphatic heterocycles. The number of nitrogens with zero attached hydrogens (tertiary/aromatic N) is 1. The molecule has 1 amide bonds. The van der Waals surface area contributed by atoms with E-state index in [1.54, 1.807) is 23.1 Å². The lowest BCUT2D eigenvalue weighted by molar-refractivity contribution is -0.137. The van der Waals surface area contributed by atoms with Crippen molar-refractivity contribution in [2.75, 3.05) is 11.4 Å². The molecule has 0 aromatic heterocycles. The van der Waals surface area contributed by atoms with Gasteiger partial charge in [0.1, 0.15) is 11.5 Å². The van der Waals surface area contributed by atoms with Crippen LogP contribution in [0.5, 0.6) is 11.5 Å². The third-order valence-corrected chi connectivity index (χ3v) is 4.92. The maximum atomic E-state index is 13.0. The number of carbonyl (C=O) groups is 1. The zero-order valence-corrected chi connectivity index (χ0v) is 15.7. The Morgan fingerprint density at radius 2 is 1.69 bits per heavy atom. The summed E-state index contributed by atoms with van der Waals surface area (Å²) in [6.45, 7) is 2.48. The van der Waals surface area contributed by atoms with E-state index in [9.17, 15) is 18.0 Å². The standard InChI is InChI=1S/C23H18F3NO2/c1-15-4-2-5-17(14-15)27-13-12-19-20(22(27)28)6-3-7-21(19)29-18-10-8-16(9-11-18)23(24,25)26/h2-11,14H,12-13H2,1H3. The molecule has 148 valence electrons. The molecule has 0 N–H and O–H groups in total. The Morgan fingerprint density at radius 3 is 2.38 bits per heavy atom. The van der Waals surface area contributed by atoms with Crippen molar-refractivity contribution in [3.8, 4) is 11.5 Å². The summed E-state index contributed by atoms with van der Waals surface area (Å²) in [5.41, 5.74) is 2.49. The maximum Gasteiger partial charge on any atom is 0.416 e. The van der Waals surface area contributed by atoms with Gasteiger partial charge in [-0.2, -0.15) is 13.2 Å². The fourth-order valence-electron chi connectivity index (χ4n) is 3.47. The van der Waals surface area contributed by atoms with Crippen LogP contribution in [0.2, 0.25) is 0 Å². The minimum atomic E-state index is -4.39. The number of anilines is 1. The van der Waals surface area contributed by atoms with Crippen LogP contribution in [-0.4, -0.2) is 12.5 Å². The third-order valence-electron chi connectivity index (χ3n) is 4.92. The van der Waals surface area contributed by atoms with Gasteiger partial charge in [-0.25, -0.2) is 0 Å². The Bertz CT molecular complexity index is 1060. The number of benzene rings is 3. The highest BCUT2D eigenvalue weighted by Crippen LogP contribution is 2.35. The van der Waals surface area contributed by atoms with Gasteiger partial charge < -0.3 is 9.64 Å². The summed E-state index contributed by atoms with van der Waals surface area (Å²) in [7, 11) is 0. The molecular formula is C23H18F3NO2. The molecule has 0 radical (unpaired) electrons. The molecule has 0 atom stereocenters. The summed E-state index contributed by atoms with van der Waals surface area (Å²) in [6.07, 6.45) is -3.80. The van der Waals surface area contributed by atoms with Crippen LogP contribution in [0.1, 0.15) is 27.0 Å². The molecule has 29 heavy (non-hydrogen) atoms. The molecule has 0 saturated carbocycles. The second-order valence-corrected chi connectivity index (χ2v) is 6.95. The zero-order valence-electron chi connectivity index (χ0n) is 15.7. The largest absolute Gasteiger partial charge is 0.457 e. The molecule has 0 aliphatic carbocycles. The lowest BCUT2D eigenvalue weighted by Crippen LogP contribution is -2.37. The second kappa shape index (κ2) is 7.28. The van der Waals surface area contributed by atoms with Crippen LogP contribution in [0, 0.1) is 6.92 Å². The van der Waals surface area contributed by atoms with Gasteiger partial charge in [-0.3, -0.25) is 4.79 Å². The molecule has 6 heteroatoms. The van der Waals surface area contributed by atoms with Crippen molar-refractivity contribution in [1.29, 1.82) is 0 Å². The van der Waals surface area contributed by atoms with Crippen molar-refractivity contribution >= 4 is 11.6 Å². The lowest BCUT2D eigenvalue weighted by Gasteiger charge is -2.30. The van der Waals surface area contributed by atoms with Crippen LogP contribution >= 0.6 is 0 Å². The highest BCUT2D eigenvalue weighted by molar-refractivity contribution is 6.08. The van der Waals surface area contributed by atoms with E-state index < -0.39 is 11.7 Å². The number of alkyl halides is 3. The number of fused-ring (bicyclic) bond motifs is 1. The van der Waals surface area contributed by atoms with Crippen molar-refractivity contribution < 1.29 is 22.7 Å². The molecule has 0 spiro atoms. The van der Waals surface area contributed by atoms with Gasteiger partial charge in [-0.1, -0.05) is 18.2 Å². The Hall–Kier alpha value is -3.28. The van der Waals surface area contributed by atoms with Crippen LogP contribution in [-0.2, 0) is 12.6 Å². The highest BCUT2D eigenvalue weighted by atomic mass is 19.4. The van der Waals surface area contributed by atoms with Crippen molar-refractivity contribution in [3.63, 3.8) is 0 Å². The fourth-order valence-corrected chi connectivity index (χ4v) is 3.47. The van der Waals surface area contributed by atoms with E-state index in [0.717, 1.165) is 28.9 Å². The van der Waals surface area contributed by atoms with Crippen LogP contribution in [0.3, 0.4) is 0 Å². The maximum absolute atomic E-state index is 13.0. The number of aryl methyl sites for hydroxylation is 1. The minimum absolute atomic E-state index is 0.116. The molecule has 0 unspecified atom stereocenters. The van der Waals surface area contributed by atoms with E-state index in [4.69, 9.17) is 4.74 Å². The van der Waals surface area contributed by atoms with E-state index in [1.165, 1.54) is 12.1 Å². The van der Waals surface area contributed by atoms with E-state index in [0.29, 0.717) is 30.0 Å². The van der Waals surface area contributed by atoms with Crippen LogP contribution < -0.4 is 9.64 Å². The quantitative estimate of drug-likeness (QED) is 0.542. The summed E-state index contributed by atoms with van der Waals surface area (Å²) < 4.78 is 44.0. The van der Waals surface area contributed by atoms with E-state index in [2.05, 4.69) is 0 Å². The monoisotopic (exact) mass is 397 g/mol. The molecule has 0 saturated heterocycles. The van der Waals surface area contributed by atoms with Crippen LogP contribution in [0.15, 0.2) is 66.7 Å². The minimum Gasteiger partial charge on any atom is -0.457 e. The average molecular weight is 397 g/mol. The van der Waals surface area contributed by atoms with Gasteiger partial charge in [0.05, 0.1) is 5.56 Å². The van der Waals surface area contributed by atoms with Crippen LogP contribution in [0.4, 0.5) is 18.9 Å². The van der Waals surface area contributed by atoms with Crippen molar-refractivity contribution in [2.45, 2.75) is 19.5 Å². The van der Waals surface area contributed by atoms with Crippen molar-refractivity contribution in [3.05, 3.63) is 89.0 Å². The molecule has 1 heterocycles. The van der Waals surface area contributed by atoms with E-state index >= 15 is 0 Å². The fraction of sp³-hybridized carbons (Fsp3) is 0.174. The van der Waals surface area contributed by atoms with Gasteiger partial charge >= 0.3 is 6.18 Å². The van der Waals surface area contributed by atoms with Crippen molar-refractivity contribution in [1.82, 2.24) is 0 Å². The first-order valence-corrected chi connectivity index (χ1v) is 9.18. The number of ether oxygens (including phenoxy) is 1. The Morgan fingerprint density at radius 1 is 0.966 bits per heavy atom. The summed E-state index contributed by atoms with van der Waals surface area (Å²) >= 11 is 0. The smallest absolute Gasteiger partial charge is 0.416 e. The first-order valence-electron chi connectivity index (χ1n) is 9.18. The predicted octanol–water partition coefficient (Wildman–Crippen LogP) is 6.01. The third kappa shape index (κ3) is 3.83. The second-order valence-electron chi connectivity index (χ2n) is 6.95. The molecule has 3 nitrogen and oxygen atoms in total. The first kappa shape index (κ1) is 19.1. The summed E-state index contributed by atoms with van der Waals surface area (Å²) in [6, 6.07) is 17.5. The van der Waals surface area contributed by atoms with Gasteiger partial charge in [0.15, 0.2) is 0 Å². The van der Waals surface area contributed by atoms with Gasteiger partial charge in [0.25, 0.3) is 5.91 Å². The highest BCUT2D eigenvalue weighted by Gasteiger charge is 2.30. The molecular weight excluding hydrogens is 379 g/mol. The summed E-state index contributed by atoms with van der Waals surface area (Å²) in [5.74, 6) is 0.661. The normalized spacial score (nSPS) is 13.9. The Kier molecular flexibility index (Phi) is 4.78. The van der Waals surface area contributed by atoms with Crippen LogP contribution in [0.25, 0.3) is 0 Å². The SMILES string of the molecule is Cc1cccc(N2CCc3c(Oc4ccc(C(F)(F)F)cc4)cccc3C2=O)c1. The molecule has 4 rings (SSSR count). The number of hydrogen-bond acceptors (Lipinski definition) is 2. The van der Waals surface area contributed by atoms with Gasteiger partial charge in [-0.05, 0) is 67.4 Å². The Labute approximate surface area is 166 Å². The number of halogens is 3. The molecule has 3 aromatic rings. The number of rotatable bonds is 3. The number of hydrogen-bond donors (Lipinski definition) is 0. The molecule has 3 aromatic carbocycles. The van der Waals surface area contributed by atoms with Gasteiger partial charge in [0, 0.05) is 23.4 Å². The molecule has 0 fully saturated rings. The Balaban J connectivity index is 1.61. The number of carbonyl (C=O) groups excluding carboxylic acids is 1. The molecule has 1 aliphatic rings. The zero-order chi connectivity index (χ0) is 20.6. The van der Waals surface area contributed by atoms with Gasteiger partial charge in [0.2, 0.25) is 0 Å². The van der Waals surface area contributed by atoms with Gasteiger partial charge in [-0.15, -0.1) is 0 Å². The summed E-state index contributed by atoms with van der Waals surface area (Å²) in [5, 5.41) is 0. The first-order chi connectivity index (χ1) is 13.8. The predicted molar refractivity (Wildman–Crippen MR) is 105 cm³/mol. The van der Waals surface area contributed by atoms with E-state index in [-0.39, 0.29) is 5.91 Å². The van der Waals surface area contributed by atoms with E-state index in [1.807, 2.05) is 31.2 Å². The topological polar surface area (TPSA) is 29.5 Å². The summed E-state index contributed by atoms with van der Waals surface area (Å²) in [4.78, 5) is 14.8. The molecule has 0 bridgehead atoms.